The number of ether oxygens (including phenoxy) is 1. The summed E-state index contributed by atoms with van der Waals surface area (Å²) in [5.41, 5.74) is 5.15. The average Bonchev–Trinajstić information content (AvgIpc) is 2.74. The molecule has 0 saturated heterocycles. The van der Waals surface area contributed by atoms with Crippen LogP contribution in [0.4, 0.5) is 4.79 Å². The molecule has 0 bridgehead atoms. The number of benzene rings is 1. The number of aliphatic hydroxyl groups excluding tert-OH is 1. The Morgan fingerprint density at radius 3 is 2.42 bits per heavy atom. The van der Waals surface area contributed by atoms with Gasteiger partial charge in [-0.3, -0.25) is 19.8 Å². The second kappa shape index (κ2) is 13.5. The Kier molecular flexibility index (Phi) is 11.1. The SMILES string of the molecule is C[C@H](NC(=O)[C@@H](CO)NC(=O)Oc1ccccc1)C(=O)N[C@H]([C]=O)CCCNC(=N)N. The molecule has 0 fully saturated rings. The smallest absolute Gasteiger partial charge is 0.410 e. The van der Waals surface area contributed by atoms with Crippen molar-refractivity contribution in [3.05, 3.63) is 30.3 Å². The third-order valence-electron chi connectivity index (χ3n) is 3.94. The Hall–Kier alpha value is -3.67. The average molecular weight is 435 g/mol. The van der Waals surface area contributed by atoms with E-state index in [2.05, 4.69) is 21.3 Å². The number of para-hydroxylation sites is 1. The molecule has 8 N–H and O–H groups in total. The van der Waals surface area contributed by atoms with Gasteiger partial charge in [0.2, 0.25) is 18.1 Å². The number of carbonyl (C=O) groups is 3. The van der Waals surface area contributed by atoms with Crippen LogP contribution in [-0.2, 0) is 14.4 Å². The van der Waals surface area contributed by atoms with Gasteiger partial charge < -0.3 is 36.8 Å². The van der Waals surface area contributed by atoms with Crippen molar-refractivity contribution in [3.8, 4) is 5.75 Å². The number of nitrogens with one attached hydrogen (secondary N) is 5. The van der Waals surface area contributed by atoms with Gasteiger partial charge in [0, 0.05) is 6.54 Å². The summed E-state index contributed by atoms with van der Waals surface area (Å²) in [6, 6.07) is 4.81. The maximum absolute atomic E-state index is 12.3. The van der Waals surface area contributed by atoms with Crippen molar-refractivity contribution in [1.82, 2.24) is 21.3 Å². The fraction of sp³-hybridized carbons (Fsp3) is 0.421. The van der Waals surface area contributed by atoms with Gasteiger partial charge in [-0.2, -0.15) is 0 Å². The third kappa shape index (κ3) is 10.1. The molecule has 1 aromatic rings. The van der Waals surface area contributed by atoms with Gasteiger partial charge in [-0.25, -0.2) is 4.79 Å². The summed E-state index contributed by atoms with van der Waals surface area (Å²) in [7, 11) is 0. The van der Waals surface area contributed by atoms with E-state index >= 15 is 0 Å². The van der Waals surface area contributed by atoms with E-state index in [0.29, 0.717) is 13.0 Å². The van der Waals surface area contributed by atoms with E-state index in [-0.39, 0.29) is 18.1 Å². The lowest BCUT2D eigenvalue weighted by molar-refractivity contribution is -0.130. The first-order valence-corrected chi connectivity index (χ1v) is 9.47. The number of nitrogens with two attached hydrogens (primary N) is 1. The molecule has 0 aliphatic rings. The van der Waals surface area contributed by atoms with Crippen LogP contribution in [0.3, 0.4) is 0 Å². The monoisotopic (exact) mass is 435 g/mol. The van der Waals surface area contributed by atoms with Crippen LogP contribution in [0.25, 0.3) is 0 Å². The number of aliphatic hydroxyl groups is 1. The molecular weight excluding hydrogens is 408 g/mol. The predicted molar refractivity (Wildman–Crippen MR) is 111 cm³/mol. The van der Waals surface area contributed by atoms with Crippen molar-refractivity contribution < 1.29 is 29.0 Å². The van der Waals surface area contributed by atoms with E-state index in [1.807, 2.05) is 0 Å². The molecule has 1 aromatic carbocycles. The lowest BCUT2D eigenvalue weighted by atomic mass is 10.1. The third-order valence-corrected chi connectivity index (χ3v) is 3.94. The van der Waals surface area contributed by atoms with Gasteiger partial charge in [0.1, 0.15) is 17.8 Å². The Bertz CT molecular complexity index is 760. The molecule has 0 aromatic heterocycles. The molecule has 12 heteroatoms. The van der Waals surface area contributed by atoms with Crippen LogP contribution in [0.1, 0.15) is 19.8 Å². The molecule has 0 aliphatic carbocycles. The first kappa shape index (κ1) is 25.4. The zero-order valence-corrected chi connectivity index (χ0v) is 17.0. The molecule has 169 valence electrons. The molecule has 3 atom stereocenters. The fourth-order valence-electron chi connectivity index (χ4n) is 2.33. The number of hydrogen-bond acceptors (Lipinski definition) is 7. The van der Waals surface area contributed by atoms with Crippen molar-refractivity contribution >= 4 is 30.2 Å². The van der Waals surface area contributed by atoms with E-state index in [1.165, 1.54) is 19.1 Å². The van der Waals surface area contributed by atoms with Gasteiger partial charge in [0.25, 0.3) is 0 Å². The molecule has 0 heterocycles. The summed E-state index contributed by atoms with van der Waals surface area (Å²) in [4.78, 5) is 47.4. The zero-order chi connectivity index (χ0) is 23.2. The van der Waals surface area contributed by atoms with Gasteiger partial charge in [0.05, 0.1) is 12.6 Å². The van der Waals surface area contributed by atoms with E-state index in [1.54, 1.807) is 24.5 Å². The molecule has 12 nitrogen and oxygen atoms in total. The minimum absolute atomic E-state index is 0.202. The summed E-state index contributed by atoms with van der Waals surface area (Å²) in [5, 5.41) is 26.0. The Balaban J connectivity index is 2.49. The number of hydrogen-bond donors (Lipinski definition) is 7. The lowest BCUT2D eigenvalue weighted by Crippen LogP contribution is -2.55. The largest absolute Gasteiger partial charge is 0.413 e. The minimum Gasteiger partial charge on any atom is -0.410 e. The maximum atomic E-state index is 12.3. The van der Waals surface area contributed by atoms with Gasteiger partial charge in [-0.15, -0.1) is 0 Å². The summed E-state index contributed by atoms with van der Waals surface area (Å²) in [5.74, 6) is -1.41. The van der Waals surface area contributed by atoms with E-state index in [0.717, 1.165) is 0 Å². The fourth-order valence-corrected chi connectivity index (χ4v) is 2.33. The van der Waals surface area contributed by atoms with Crippen molar-refractivity contribution in [2.45, 2.75) is 37.9 Å². The van der Waals surface area contributed by atoms with Crippen LogP contribution < -0.4 is 31.7 Å². The summed E-state index contributed by atoms with van der Waals surface area (Å²) < 4.78 is 4.99. The Morgan fingerprint density at radius 1 is 1.16 bits per heavy atom. The van der Waals surface area contributed by atoms with E-state index < -0.39 is 42.6 Å². The first-order valence-electron chi connectivity index (χ1n) is 9.47. The van der Waals surface area contributed by atoms with Crippen LogP contribution in [0.2, 0.25) is 0 Å². The standard InChI is InChI=1S/C19H27N6O6/c1-12(16(28)24-13(10-26)6-5-9-22-18(20)21)23-17(29)15(11-27)25-19(30)31-14-7-3-2-4-8-14/h2-4,7-8,12-13,15,27H,5-6,9,11H2,1H3,(H,23,29)(H,24,28)(H,25,30)(H4,20,21,22)/t12-,13-,15+/m0/s1. The van der Waals surface area contributed by atoms with Crippen LogP contribution in [0, 0.1) is 5.41 Å². The van der Waals surface area contributed by atoms with Crippen LogP contribution in [0.15, 0.2) is 30.3 Å². The lowest BCUT2D eigenvalue weighted by Gasteiger charge is -2.20. The van der Waals surface area contributed by atoms with E-state index in [9.17, 15) is 24.3 Å². The number of amides is 3. The van der Waals surface area contributed by atoms with Gasteiger partial charge in [0.15, 0.2) is 5.96 Å². The first-order chi connectivity index (χ1) is 14.8. The van der Waals surface area contributed by atoms with Crippen molar-refractivity contribution in [2.24, 2.45) is 5.73 Å². The highest BCUT2D eigenvalue weighted by molar-refractivity contribution is 5.92. The van der Waals surface area contributed by atoms with Crippen LogP contribution in [0.5, 0.6) is 5.75 Å². The second-order valence-corrected chi connectivity index (χ2v) is 6.47. The van der Waals surface area contributed by atoms with Gasteiger partial charge >= 0.3 is 6.09 Å². The van der Waals surface area contributed by atoms with Crippen molar-refractivity contribution in [2.75, 3.05) is 13.2 Å². The highest BCUT2D eigenvalue weighted by Crippen LogP contribution is 2.08. The van der Waals surface area contributed by atoms with Gasteiger partial charge in [-0.1, -0.05) is 18.2 Å². The Morgan fingerprint density at radius 2 is 1.84 bits per heavy atom. The van der Waals surface area contributed by atoms with E-state index in [4.69, 9.17) is 15.9 Å². The second-order valence-electron chi connectivity index (χ2n) is 6.47. The van der Waals surface area contributed by atoms with Crippen molar-refractivity contribution in [1.29, 1.82) is 5.41 Å². The highest BCUT2D eigenvalue weighted by Gasteiger charge is 2.25. The molecule has 1 radical (unpaired) electrons. The minimum atomic E-state index is -1.35. The highest BCUT2D eigenvalue weighted by atomic mass is 16.6. The molecule has 1 rings (SSSR count). The summed E-state index contributed by atoms with van der Waals surface area (Å²) in [6.07, 6.45) is 1.44. The van der Waals surface area contributed by atoms with Gasteiger partial charge in [-0.05, 0) is 31.9 Å². The molecule has 0 aliphatic heterocycles. The predicted octanol–water partition coefficient (Wildman–Crippen LogP) is -1.50. The molecule has 0 unspecified atom stereocenters. The quantitative estimate of drug-likeness (QED) is 0.117. The van der Waals surface area contributed by atoms with Crippen LogP contribution >= 0.6 is 0 Å². The zero-order valence-electron chi connectivity index (χ0n) is 17.0. The normalized spacial score (nSPS) is 13.1. The topological polar surface area (TPSA) is 196 Å². The summed E-state index contributed by atoms with van der Waals surface area (Å²) >= 11 is 0. The number of carbonyl (C=O) groups excluding carboxylic acids is 4. The maximum Gasteiger partial charge on any atom is 0.413 e. The molecular formula is C19H27N6O6. The van der Waals surface area contributed by atoms with Crippen molar-refractivity contribution in [3.63, 3.8) is 0 Å². The molecule has 0 saturated carbocycles. The summed E-state index contributed by atoms with van der Waals surface area (Å²) in [6.45, 7) is 1.000. The van der Waals surface area contributed by atoms with Crippen LogP contribution in [-0.4, -0.2) is 66.5 Å². The molecule has 3 amide bonds. The number of rotatable bonds is 12. The number of guanidine groups is 1. The molecule has 31 heavy (non-hydrogen) atoms. The molecule has 0 spiro atoms. The Labute approximate surface area is 179 Å².